The summed E-state index contributed by atoms with van der Waals surface area (Å²) in [4.78, 5) is 0.484. The molecule has 2 rings (SSSR count). The second-order valence-corrected chi connectivity index (χ2v) is 5.89. The van der Waals surface area contributed by atoms with E-state index < -0.39 is 0 Å². The van der Waals surface area contributed by atoms with Crippen LogP contribution in [0.15, 0.2) is 17.0 Å². The van der Waals surface area contributed by atoms with Gasteiger partial charge in [-0.3, -0.25) is 0 Å². The normalized spacial score (nSPS) is 23.5. The third-order valence-corrected chi connectivity index (χ3v) is 4.22. The van der Waals surface area contributed by atoms with E-state index in [0.29, 0.717) is 15.7 Å². The number of hydrogen-bond donors (Lipinski definition) is 1. The van der Waals surface area contributed by atoms with Crippen molar-refractivity contribution < 1.29 is 8.78 Å². The Morgan fingerprint density at radius 2 is 2.06 bits per heavy atom. The standard InChI is InChI=1S/C13H17F2NS/c1-3-6-16-11-7-8(2)17-13-10(15)5-4-9(14)12(11)13/h4-5,8,11,16H,3,6-7H2,1-2H3. The first-order valence-electron chi connectivity index (χ1n) is 6.01. The van der Waals surface area contributed by atoms with Crippen molar-refractivity contribution in [3.05, 3.63) is 29.3 Å². The zero-order valence-corrected chi connectivity index (χ0v) is 10.9. The van der Waals surface area contributed by atoms with Crippen molar-refractivity contribution in [1.29, 1.82) is 0 Å². The van der Waals surface area contributed by atoms with Crippen LogP contribution in [-0.2, 0) is 0 Å². The van der Waals surface area contributed by atoms with Crippen molar-refractivity contribution >= 4 is 11.8 Å². The first kappa shape index (κ1) is 12.8. The van der Waals surface area contributed by atoms with Crippen LogP contribution in [-0.4, -0.2) is 11.8 Å². The second-order valence-electron chi connectivity index (χ2n) is 4.44. The molecule has 94 valence electrons. The first-order chi connectivity index (χ1) is 8.13. The van der Waals surface area contributed by atoms with E-state index in [-0.39, 0.29) is 17.7 Å². The lowest BCUT2D eigenvalue weighted by Gasteiger charge is -2.30. The molecule has 17 heavy (non-hydrogen) atoms. The summed E-state index contributed by atoms with van der Waals surface area (Å²) in [6.45, 7) is 4.95. The van der Waals surface area contributed by atoms with Gasteiger partial charge in [-0.1, -0.05) is 13.8 Å². The van der Waals surface area contributed by atoms with Gasteiger partial charge in [0.05, 0.1) is 4.90 Å². The van der Waals surface area contributed by atoms with Gasteiger partial charge in [0.25, 0.3) is 0 Å². The lowest BCUT2D eigenvalue weighted by molar-refractivity contribution is 0.447. The molecule has 0 aliphatic carbocycles. The van der Waals surface area contributed by atoms with Crippen molar-refractivity contribution in [2.45, 2.75) is 42.9 Å². The lowest BCUT2D eigenvalue weighted by Crippen LogP contribution is -2.29. The van der Waals surface area contributed by atoms with E-state index in [1.165, 1.54) is 23.9 Å². The van der Waals surface area contributed by atoms with Crippen LogP contribution in [0.1, 0.15) is 38.3 Å². The van der Waals surface area contributed by atoms with Crippen molar-refractivity contribution in [3.8, 4) is 0 Å². The molecule has 0 saturated carbocycles. The van der Waals surface area contributed by atoms with E-state index in [0.717, 1.165) is 19.4 Å². The third kappa shape index (κ3) is 2.63. The molecule has 2 atom stereocenters. The quantitative estimate of drug-likeness (QED) is 0.881. The molecule has 2 unspecified atom stereocenters. The predicted molar refractivity (Wildman–Crippen MR) is 67.3 cm³/mol. The van der Waals surface area contributed by atoms with Gasteiger partial charge in [0.1, 0.15) is 11.6 Å². The summed E-state index contributed by atoms with van der Waals surface area (Å²) in [5.74, 6) is -0.601. The molecule has 1 nitrogen and oxygen atoms in total. The Morgan fingerprint density at radius 3 is 2.76 bits per heavy atom. The van der Waals surface area contributed by atoms with Crippen molar-refractivity contribution in [1.82, 2.24) is 5.32 Å². The Bertz CT molecular complexity index is 409. The fourth-order valence-electron chi connectivity index (χ4n) is 2.20. The SMILES string of the molecule is CCCNC1CC(C)Sc2c(F)ccc(F)c21. The molecule has 0 saturated heterocycles. The number of thioether (sulfide) groups is 1. The Morgan fingerprint density at radius 1 is 1.35 bits per heavy atom. The lowest BCUT2D eigenvalue weighted by atomic mass is 10.00. The van der Waals surface area contributed by atoms with Gasteiger partial charge in [-0.05, 0) is 31.5 Å². The Hall–Kier alpha value is -0.610. The summed E-state index contributed by atoms with van der Waals surface area (Å²) in [5, 5.41) is 3.62. The molecule has 1 aromatic carbocycles. The van der Waals surface area contributed by atoms with Crippen LogP contribution in [0.2, 0.25) is 0 Å². The number of rotatable bonds is 3. The van der Waals surface area contributed by atoms with Crippen molar-refractivity contribution in [2.24, 2.45) is 0 Å². The van der Waals surface area contributed by atoms with Crippen molar-refractivity contribution in [2.75, 3.05) is 6.54 Å². The van der Waals surface area contributed by atoms with Crippen LogP contribution < -0.4 is 5.32 Å². The molecule has 0 spiro atoms. The second kappa shape index (κ2) is 5.36. The highest BCUT2D eigenvalue weighted by atomic mass is 32.2. The summed E-state index contributed by atoms with van der Waals surface area (Å²) in [7, 11) is 0. The number of nitrogens with one attached hydrogen (secondary N) is 1. The van der Waals surface area contributed by atoms with Gasteiger partial charge in [-0.15, -0.1) is 11.8 Å². The molecule has 1 N–H and O–H groups in total. The minimum atomic E-state index is -0.304. The van der Waals surface area contributed by atoms with Gasteiger partial charge in [0.2, 0.25) is 0 Å². The van der Waals surface area contributed by atoms with E-state index in [1.807, 2.05) is 0 Å². The molecule has 1 aliphatic rings. The minimum Gasteiger partial charge on any atom is -0.310 e. The Kier molecular flexibility index (Phi) is 4.05. The maximum Gasteiger partial charge on any atom is 0.137 e. The maximum absolute atomic E-state index is 13.8. The van der Waals surface area contributed by atoms with Crippen LogP contribution >= 0.6 is 11.8 Å². The molecule has 0 fully saturated rings. The number of hydrogen-bond acceptors (Lipinski definition) is 2. The average molecular weight is 257 g/mol. The van der Waals surface area contributed by atoms with E-state index in [2.05, 4.69) is 19.2 Å². The van der Waals surface area contributed by atoms with Crippen LogP contribution in [0, 0.1) is 11.6 Å². The highest BCUT2D eigenvalue weighted by molar-refractivity contribution is 8.00. The molecule has 0 bridgehead atoms. The summed E-state index contributed by atoms with van der Waals surface area (Å²) < 4.78 is 27.5. The minimum absolute atomic E-state index is 0.0584. The summed E-state index contributed by atoms with van der Waals surface area (Å²) in [6.07, 6.45) is 1.84. The van der Waals surface area contributed by atoms with Gasteiger partial charge < -0.3 is 5.32 Å². The summed E-state index contributed by atoms with van der Waals surface area (Å²) >= 11 is 1.43. The molecule has 4 heteroatoms. The first-order valence-corrected chi connectivity index (χ1v) is 6.89. The van der Waals surface area contributed by atoms with Crippen LogP contribution in [0.5, 0.6) is 0 Å². The van der Waals surface area contributed by atoms with E-state index in [1.54, 1.807) is 0 Å². The van der Waals surface area contributed by atoms with Gasteiger partial charge in [-0.25, -0.2) is 8.78 Å². The van der Waals surface area contributed by atoms with Gasteiger partial charge in [-0.2, -0.15) is 0 Å². The molecule has 0 aromatic heterocycles. The molecule has 1 heterocycles. The molecule has 1 aromatic rings. The molecular weight excluding hydrogens is 240 g/mol. The summed E-state index contributed by atoms with van der Waals surface area (Å²) in [5.41, 5.74) is 0.515. The highest BCUT2D eigenvalue weighted by Crippen LogP contribution is 2.43. The zero-order chi connectivity index (χ0) is 12.4. The van der Waals surface area contributed by atoms with E-state index >= 15 is 0 Å². The van der Waals surface area contributed by atoms with Gasteiger partial charge in [0.15, 0.2) is 0 Å². The number of fused-ring (bicyclic) bond motifs is 1. The Labute approximate surface area is 105 Å². The van der Waals surface area contributed by atoms with Crippen molar-refractivity contribution in [3.63, 3.8) is 0 Å². The average Bonchev–Trinajstić information content (AvgIpc) is 2.30. The smallest absolute Gasteiger partial charge is 0.137 e. The predicted octanol–water partition coefficient (Wildman–Crippen LogP) is 3.89. The fraction of sp³-hybridized carbons (Fsp3) is 0.538. The molecule has 1 aliphatic heterocycles. The van der Waals surface area contributed by atoms with Crippen LogP contribution in [0.3, 0.4) is 0 Å². The monoisotopic (exact) mass is 257 g/mol. The topological polar surface area (TPSA) is 12.0 Å². The molecule has 0 amide bonds. The van der Waals surface area contributed by atoms with Crippen LogP contribution in [0.25, 0.3) is 0 Å². The number of benzene rings is 1. The third-order valence-electron chi connectivity index (χ3n) is 2.97. The highest BCUT2D eigenvalue weighted by Gasteiger charge is 2.29. The Balaban J connectivity index is 2.37. The van der Waals surface area contributed by atoms with E-state index in [4.69, 9.17) is 0 Å². The molecular formula is C13H17F2NS. The summed E-state index contributed by atoms with van der Waals surface area (Å²) in [6, 6.07) is 2.39. The van der Waals surface area contributed by atoms with E-state index in [9.17, 15) is 8.78 Å². The van der Waals surface area contributed by atoms with Gasteiger partial charge in [0, 0.05) is 16.9 Å². The largest absolute Gasteiger partial charge is 0.310 e. The van der Waals surface area contributed by atoms with Gasteiger partial charge >= 0.3 is 0 Å². The zero-order valence-electron chi connectivity index (χ0n) is 10.1. The number of halogens is 2. The van der Waals surface area contributed by atoms with Crippen LogP contribution in [0.4, 0.5) is 8.78 Å². The fourth-order valence-corrected chi connectivity index (χ4v) is 3.43. The maximum atomic E-state index is 13.8. The molecule has 0 radical (unpaired) electrons.